The van der Waals surface area contributed by atoms with E-state index in [1.54, 1.807) is 18.2 Å². The summed E-state index contributed by atoms with van der Waals surface area (Å²) in [5, 5.41) is 17.8. The zero-order valence-electron chi connectivity index (χ0n) is 32.8. The summed E-state index contributed by atoms with van der Waals surface area (Å²) in [5.41, 5.74) is -3.93. The lowest BCUT2D eigenvalue weighted by Gasteiger charge is -2.34. The predicted octanol–water partition coefficient (Wildman–Crippen LogP) is 7.52. The number of rotatable bonds is 12. The Labute approximate surface area is 353 Å². The standard InChI is InChI=1S/C41H43ClF5N7O5S/c1-39(2)37(58)53(28-5-4-24(21-48)30(19-28)41(45,46)47)38(60)54(39)29-6-8-33(31(20-29)40(3,43)44)59-15-12-23-10-13-52(14-11-23)22-35(56)50-27-17-25(42)16-26(18-27)49-32-7-9-34(55)51-36(32)57/h4-6,8,16-20,23,32,38,49,60H,7,9-15,22H2,1-3H3,(H,50,56)(H,51,55,57). The number of likely N-dealkylation sites (tertiary alicyclic amines) is 1. The molecule has 3 saturated heterocycles. The molecule has 3 aliphatic heterocycles. The number of thiol groups is 1. The molecule has 2 atom stereocenters. The van der Waals surface area contributed by atoms with E-state index in [9.17, 15) is 37.6 Å². The molecule has 3 fully saturated rings. The quantitative estimate of drug-likeness (QED) is 0.0825. The zero-order chi connectivity index (χ0) is 43.7. The Kier molecular flexibility index (Phi) is 12.9. The van der Waals surface area contributed by atoms with Gasteiger partial charge in [-0.05, 0) is 113 Å². The minimum atomic E-state index is -4.87. The molecule has 3 aromatic rings. The molecule has 0 radical (unpaired) electrons. The second-order valence-corrected chi connectivity index (χ2v) is 16.5. The average molecular weight is 876 g/mol. The fourth-order valence-electron chi connectivity index (χ4n) is 7.71. The number of hydrogen-bond donors (Lipinski definition) is 4. The van der Waals surface area contributed by atoms with E-state index in [4.69, 9.17) is 16.3 Å². The fourth-order valence-corrected chi connectivity index (χ4v) is 8.61. The van der Waals surface area contributed by atoms with Crippen LogP contribution in [0, 0.1) is 17.2 Å². The van der Waals surface area contributed by atoms with Gasteiger partial charge in [0.15, 0.2) is 5.50 Å². The largest absolute Gasteiger partial charge is 0.493 e. The third-order valence-corrected chi connectivity index (χ3v) is 11.5. The van der Waals surface area contributed by atoms with Crippen molar-refractivity contribution < 1.29 is 45.9 Å². The average Bonchev–Trinajstić information content (AvgIpc) is 3.34. The van der Waals surface area contributed by atoms with Gasteiger partial charge in [-0.15, -0.1) is 12.6 Å². The highest BCUT2D eigenvalue weighted by Crippen LogP contribution is 2.45. The van der Waals surface area contributed by atoms with Crippen LogP contribution in [0.2, 0.25) is 5.02 Å². The Balaban J connectivity index is 1.04. The summed E-state index contributed by atoms with van der Waals surface area (Å²) in [6, 6.07) is 12.7. The molecule has 320 valence electrons. The minimum absolute atomic E-state index is 0.0605. The molecular formula is C41H43ClF5N7O5S. The SMILES string of the molecule is CC(F)(F)c1cc(N2C(S)N(c3ccc(C#N)c(C(F)(F)F)c3)C(=O)C2(C)C)ccc1OCCC1CCN(CC(=O)Nc2cc(Cl)cc(NC3CCC(=O)NC3=O)c2)CC1. The third kappa shape index (κ3) is 9.90. The normalized spacial score (nSPS) is 20.2. The first-order valence-electron chi connectivity index (χ1n) is 19.2. The molecule has 0 aliphatic carbocycles. The van der Waals surface area contributed by atoms with Gasteiger partial charge in [-0.2, -0.15) is 18.4 Å². The van der Waals surface area contributed by atoms with Crippen LogP contribution in [-0.2, 0) is 31.3 Å². The molecule has 3 aliphatic rings. The molecule has 0 bridgehead atoms. The van der Waals surface area contributed by atoms with Crippen LogP contribution in [0.3, 0.4) is 0 Å². The highest BCUT2D eigenvalue weighted by atomic mass is 35.5. The van der Waals surface area contributed by atoms with Gasteiger partial charge in [-0.25, -0.2) is 8.78 Å². The number of nitrogens with zero attached hydrogens (tertiary/aromatic N) is 4. The van der Waals surface area contributed by atoms with Crippen LogP contribution in [-0.4, -0.2) is 71.8 Å². The number of alkyl halides is 5. The summed E-state index contributed by atoms with van der Waals surface area (Å²) >= 11 is 10.8. The molecule has 4 amide bonds. The molecule has 3 N–H and O–H groups in total. The zero-order valence-corrected chi connectivity index (χ0v) is 34.5. The third-order valence-electron chi connectivity index (χ3n) is 10.8. The van der Waals surface area contributed by atoms with Crippen molar-refractivity contribution in [3.63, 3.8) is 0 Å². The molecular weight excluding hydrogens is 833 g/mol. The van der Waals surface area contributed by atoms with E-state index in [0.29, 0.717) is 55.3 Å². The van der Waals surface area contributed by atoms with Crippen LogP contribution >= 0.6 is 24.2 Å². The molecule has 0 aromatic heterocycles. The monoisotopic (exact) mass is 875 g/mol. The van der Waals surface area contributed by atoms with Gasteiger partial charge in [-0.3, -0.25) is 34.3 Å². The first-order chi connectivity index (χ1) is 28.1. The summed E-state index contributed by atoms with van der Waals surface area (Å²) in [7, 11) is 0. The summed E-state index contributed by atoms with van der Waals surface area (Å²) in [4.78, 5) is 54.8. The lowest BCUT2D eigenvalue weighted by Crippen LogP contribution is -2.47. The number of amides is 4. The number of nitriles is 1. The van der Waals surface area contributed by atoms with Crippen molar-refractivity contribution in [1.29, 1.82) is 5.26 Å². The molecule has 0 saturated carbocycles. The summed E-state index contributed by atoms with van der Waals surface area (Å²) in [5.74, 6) is -4.88. The van der Waals surface area contributed by atoms with Crippen molar-refractivity contribution in [2.75, 3.05) is 46.7 Å². The second kappa shape index (κ2) is 17.5. The van der Waals surface area contributed by atoms with Crippen molar-refractivity contribution in [2.24, 2.45) is 5.92 Å². The van der Waals surface area contributed by atoms with E-state index < -0.39 is 57.7 Å². The number of carbonyl (C=O) groups excluding carboxylic acids is 4. The highest BCUT2D eigenvalue weighted by Gasteiger charge is 2.52. The van der Waals surface area contributed by atoms with E-state index >= 15 is 8.78 Å². The maximum absolute atomic E-state index is 15.1. The van der Waals surface area contributed by atoms with E-state index in [-0.39, 0.29) is 54.4 Å². The van der Waals surface area contributed by atoms with Crippen molar-refractivity contribution >= 4 is 70.6 Å². The Morgan fingerprint density at radius 3 is 2.30 bits per heavy atom. The van der Waals surface area contributed by atoms with Crippen molar-refractivity contribution in [2.45, 2.75) is 82.1 Å². The maximum Gasteiger partial charge on any atom is 0.417 e. The molecule has 3 aromatic carbocycles. The number of ether oxygens (including phenoxy) is 1. The number of halogens is 6. The Morgan fingerprint density at radius 1 is 0.983 bits per heavy atom. The molecule has 12 nitrogen and oxygen atoms in total. The molecule has 0 spiro atoms. The Morgan fingerprint density at radius 2 is 1.65 bits per heavy atom. The Bertz CT molecular complexity index is 2210. The lowest BCUT2D eigenvalue weighted by molar-refractivity contribution is -0.138. The number of piperidine rings is 2. The number of anilines is 4. The fraction of sp³-hybridized carbons (Fsp3) is 0.439. The van der Waals surface area contributed by atoms with Gasteiger partial charge in [0.2, 0.25) is 17.7 Å². The first kappa shape index (κ1) is 44.4. The van der Waals surface area contributed by atoms with Gasteiger partial charge in [0.05, 0.1) is 35.9 Å². The van der Waals surface area contributed by atoms with E-state index in [0.717, 1.165) is 23.8 Å². The number of nitrogens with one attached hydrogen (secondary N) is 3. The summed E-state index contributed by atoms with van der Waals surface area (Å²) < 4.78 is 77.5. The highest BCUT2D eigenvalue weighted by molar-refractivity contribution is 7.81. The van der Waals surface area contributed by atoms with Gasteiger partial charge in [0.25, 0.3) is 11.8 Å². The molecule has 60 heavy (non-hydrogen) atoms. The van der Waals surface area contributed by atoms with Crippen molar-refractivity contribution in [3.8, 4) is 11.8 Å². The van der Waals surface area contributed by atoms with E-state index in [1.165, 1.54) is 49.1 Å². The van der Waals surface area contributed by atoms with Crippen LogP contribution in [0.4, 0.5) is 44.7 Å². The number of carbonyl (C=O) groups is 4. The van der Waals surface area contributed by atoms with Gasteiger partial charge < -0.3 is 20.3 Å². The topological polar surface area (TPSA) is 147 Å². The number of imide groups is 1. The van der Waals surface area contributed by atoms with Crippen LogP contribution in [0.15, 0.2) is 54.6 Å². The van der Waals surface area contributed by atoms with Gasteiger partial charge in [0, 0.05) is 41.1 Å². The number of benzene rings is 3. The molecule has 6 rings (SSSR count). The number of hydrogen-bond acceptors (Lipinski definition) is 10. The van der Waals surface area contributed by atoms with Crippen LogP contribution in [0.5, 0.6) is 5.75 Å². The minimum Gasteiger partial charge on any atom is -0.493 e. The van der Waals surface area contributed by atoms with Gasteiger partial charge in [0.1, 0.15) is 17.3 Å². The van der Waals surface area contributed by atoms with E-state index in [2.05, 4.69) is 28.6 Å². The smallest absolute Gasteiger partial charge is 0.417 e. The van der Waals surface area contributed by atoms with Crippen molar-refractivity contribution in [3.05, 3.63) is 76.3 Å². The van der Waals surface area contributed by atoms with E-state index in [1.807, 2.05) is 4.90 Å². The molecule has 19 heteroatoms. The summed E-state index contributed by atoms with van der Waals surface area (Å²) in [6.45, 7) is 5.24. The van der Waals surface area contributed by atoms with Crippen LogP contribution in [0.25, 0.3) is 0 Å². The maximum atomic E-state index is 15.1. The Hall–Kier alpha value is -5.12. The van der Waals surface area contributed by atoms with Gasteiger partial charge in [-0.1, -0.05) is 11.6 Å². The molecule has 3 heterocycles. The van der Waals surface area contributed by atoms with Crippen molar-refractivity contribution in [1.82, 2.24) is 10.2 Å². The second-order valence-electron chi connectivity index (χ2n) is 15.6. The molecule has 2 unspecified atom stereocenters. The summed E-state index contributed by atoms with van der Waals surface area (Å²) in [6.07, 6.45) is -2.29. The first-order valence-corrected chi connectivity index (χ1v) is 20.1. The predicted molar refractivity (Wildman–Crippen MR) is 218 cm³/mol. The lowest BCUT2D eigenvalue weighted by atomic mass is 9.94. The van der Waals surface area contributed by atoms with Crippen LogP contribution in [0.1, 0.15) is 69.6 Å². The van der Waals surface area contributed by atoms with Crippen LogP contribution < -0.4 is 30.5 Å². The van der Waals surface area contributed by atoms with Gasteiger partial charge >= 0.3 is 6.18 Å².